The Hall–Kier alpha value is -3.28. The number of allylic oxidation sites excluding steroid dienone is 13. The molecule has 12 aliphatic rings. The van der Waals surface area contributed by atoms with Crippen LogP contribution in [0.5, 0.6) is 0 Å². The average Bonchev–Trinajstić information content (AvgIpc) is 1.63. The number of hydrogen-bond donors (Lipinski definition) is 0. The molecule has 5 aromatic rings. The van der Waals surface area contributed by atoms with Crippen molar-refractivity contribution in [1.29, 1.82) is 0 Å². The third kappa shape index (κ3) is 39.6. The maximum atomic E-state index is 5.34. The van der Waals surface area contributed by atoms with Crippen LogP contribution in [0, 0.1) is 105 Å². The summed E-state index contributed by atoms with van der Waals surface area (Å²) in [5.74, 6) is 5.83. The minimum atomic E-state index is -1.59. The Morgan fingerprint density at radius 2 is 0.482 bits per heavy atom. The summed E-state index contributed by atoms with van der Waals surface area (Å²) < 4.78 is 0. The SMILES string of the molecule is C=Cc1ccccc1[CH2-].C=Cc1ccccc1[CH2-].CC(C)(C)[N-][Si](C)(C)C1CC(N2CCCC2)C2C=CC=CC21.CC(C)(C)[N-][Si](C)(C)C1CC(N2CCCC2)C2C=CC=CC21.CC(C)(C)[N-][Si](C)(C)C1CC(N2CCCC2)C2C=CC=CC21.CC(C)(C)[N-][Si](C)(C)C1CC(N2CCCC2)C2C=CC=CC21.[CH2-]c1ccccc1/C=C\C.[CH2-]c1ccccc1/C=C\c1ccccc1.[CH3-].[CH3-].[CH3-].[CH3-].[Sc+3].[Sc+3].[Sc+3].[Y+3]. The molecule has 17 rings (SSSR count). The molecule has 5 aromatic carbocycles. The molecule has 4 saturated carbocycles. The van der Waals surface area contributed by atoms with Gasteiger partial charge in [-0.3, -0.25) is 19.6 Å². The van der Waals surface area contributed by atoms with Crippen molar-refractivity contribution in [3.05, 3.63) is 371 Å². The van der Waals surface area contributed by atoms with Crippen LogP contribution in [0.15, 0.2) is 244 Å². The molecule has 8 nitrogen and oxygen atoms in total. The zero-order valence-electron chi connectivity index (χ0n) is 91.8. The molecule has 139 heavy (non-hydrogen) atoms. The molecule has 16 heteroatoms. The van der Waals surface area contributed by atoms with Gasteiger partial charge >= 0.3 is 110 Å². The van der Waals surface area contributed by atoms with E-state index in [-0.39, 0.29) is 162 Å². The first-order valence-electron chi connectivity index (χ1n) is 50.6. The van der Waals surface area contributed by atoms with Crippen LogP contribution in [0.1, 0.15) is 217 Å². The van der Waals surface area contributed by atoms with Gasteiger partial charge < -0.3 is 49.6 Å². The molecule has 0 radical (unpaired) electrons. The van der Waals surface area contributed by atoms with E-state index in [1.54, 1.807) is 0 Å². The van der Waals surface area contributed by atoms with Crippen LogP contribution in [0.4, 0.5) is 0 Å². The van der Waals surface area contributed by atoms with Crippen molar-refractivity contribution in [3.63, 3.8) is 0 Å². The fourth-order valence-electron chi connectivity index (χ4n) is 24.5. The van der Waals surface area contributed by atoms with Crippen LogP contribution >= 0.6 is 0 Å². The molecule has 0 N–H and O–H groups in total. The minimum Gasteiger partial charge on any atom is -0.660 e. The number of likely N-dealkylation sites (tertiary alicyclic amines) is 4. The average molecular weight is 2110 g/mol. The van der Waals surface area contributed by atoms with Crippen molar-refractivity contribution in [2.75, 3.05) is 52.4 Å². The molecule has 746 valence electrons. The molecule has 0 bridgehead atoms. The third-order valence-electron chi connectivity index (χ3n) is 29.3. The van der Waals surface area contributed by atoms with Crippen molar-refractivity contribution < 1.29 is 110 Å². The van der Waals surface area contributed by atoms with E-state index in [0.29, 0.717) is 0 Å². The Morgan fingerprint density at radius 3 is 0.676 bits per heavy atom. The first-order chi connectivity index (χ1) is 62.0. The fourth-order valence-corrected chi connectivity index (χ4v) is 40.4. The van der Waals surface area contributed by atoms with Crippen molar-refractivity contribution in [1.82, 2.24) is 19.6 Å². The zero-order valence-corrected chi connectivity index (χ0v) is 104. The molecule has 0 amide bonds. The monoisotopic (exact) mass is 2110 g/mol. The maximum absolute atomic E-state index is 5.34. The van der Waals surface area contributed by atoms with Crippen LogP contribution in [0.2, 0.25) is 74.5 Å². The zero-order chi connectivity index (χ0) is 95.1. The van der Waals surface area contributed by atoms with Crippen LogP contribution in [0.3, 0.4) is 0 Å². The summed E-state index contributed by atoms with van der Waals surface area (Å²) in [7, 11) is -6.37. The molecule has 8 fully saturated rings. The number of nitrogens with zero attached hydrogens (tertiary/aromatic N) is 8. The van der Waals surface area contributed by atoms with Gasteiger partial charge in [-0.2, -0.15) is 74.2 Å². The Balaban J connectivity index is 0.000000544. The minimum absolute atomic E-state index is 0. The van der Waals surface area contributed by atoms with Gasteiger partial charge in [-0.1, -0.05) is 355 Å². The van der Waals surface area contributed by atoms with Crippen LogP contribution < -0.4 is 0 Å². The molecule has 8 aliphatic carbocycles. The number of fused-ring (bicyclic) bond motifs is 4. The van der Waals surface area contributed by atoms with E-state index in [1.807, 2.05) is 128 Å². The standard InChI is InChI=1S/4C19H33N2Si.C15H13.C10H11.2C9H9.4CH3.3Sc.Y/c4*1-19(2,3)20-22(4,5)18-14-17(21-12-8-9-13-21)15-10-6-7-11-16(15)18;1-13-7-5-6-10-15(13)12-11-14-8-3-2-4-9-14;1-3-6-10-8-5-4-7-9(10)2;2*1-3-9-7-5-4-6-8(9)2;;;;;;;;/h4*6-7,10-11,15-18H,8-9,12-14H2,1-5H3;2-12H,1H2;3-8H,2H2,1H3;2*3-7H,1-2H2;4*1H3;;;;/q12*-1;4*+3/b;;;;12-11-;6-3-;;;;;;;;;;. The molecule has 4 aliphatic heterocycles. The normalized spacial score (nSPS) is 25.9. The second-order valence-electron chi connectivity index (χ2n) is 45.5. The predicted molar refractivity (Wildman–Crippen MR) is 615 cm³/mol. The Labute approximate surface area is 942 Å². The van der Waals surface area contributed by atoms with Gasteiger partial charge in [-0.05, 0) is 189 Å². The summed E-state index contributed by atoms with van der Waals surface area (Å²) in [5.41, 5.74) is 13.6. The van der Waals surface area contributed by atoms with Gasteiger partial charge in [0, 0.05) is 24.2 Å². The Bertz CT molecular complexity index is 4310. The van der Waals surface area contributed by atoms with E-state index in [0.717, 1.165) is 127 Å². The van der Waals surface area contributed by atoms with Crippen molar-refractivity contribution in [3.8, 4) is 0 Å². The summed E-state index contributed by atoms with van der Waals surface area (Å²) >= 11 is 0. The van der Waals surface area contributed by atoms with Crippen LogP contribution in [-0.2, 0) is 110 Å². The van der Waals surface area contributed by atoms with Crippen LogP contribution in [-0.4, -0.2) is 151 Å². The summed E-state index contributed by atoms with van der Waals surface area (Å²) in [6.07, 6.45) is 66.7. The van der Waals surface area contributed by atoms with E-state index in [2.05, 4.69) is 336 Å². The quantitative estimate of drug-likeness (QED) is 0.0528. The predicted octanol–water partition coefficient (Wildman–Crippen LogP) is 33.6. The second kappa shape index (κ2) is 61.0. The molecule has 4 heterocycles. The van der Waals surface area contributed by atoms with E-state index in [4.69, 9.17) is 19.9 Å². The third-order valence-corrected chi connectivity index (χ3v) is 44.1. The molecule has 0 aromatic heterocycles. The summed E-state index contributed by atoms with van der Waals surface area (Å²) in [4.78, 5) is 32.5. The number of rotatable bonds is 17. The van der Waals surface area contributed by atoms with Gasteiger partial charge in [-0.15, -0.1) is 130 Å². The maximum Gasteiger partial charge on any atom is 3.00 e. The van der Waals surface area contributed by atoms with Gasteiger partial charge in [-0.25, -0.2) is 0 Å². The fraction of sp³-hybridized carbons (Fsp3) is 0.496. The summed E-state index contributed by atoms with van der Waals surface area (Å²) in [6, 6.07) is 45.3. The first-order valence-corrected chi connectivity index (χ1v) is 62.7. The van der Waals surface area contributed by atoms with E-state index >= 15 is 0 Å². The topological polar surface area (TPSA) is 69.4 Å². The number of benzene rings is 5. The van der Waals surface area contributed by atoms with Gasteiger partial charge in [0.2, 0.25) is 0 Å². The van der Waals surface area contributed by atoms with Gasteiger partial charge in [0.15, 0.2) is 0 Å². The molecule has 4 saturated heterocycles. The first kappa shape index (κ1) is 132. The molecular formula is C123H186N8Sc3Si4Y. The van der Waals surface area contributed by atoms with Crippen molar-refractivity contribution in [2.45, 2.75) is 288 Å². The molecule has 16 atom stereocenters. The molecule has 16 unspecified atom stereocenters. The van der Waals surface area contributed by atoms with Crippen molar-refractivity contribution >= 4 is 63.3 Å². The van der Waals surface area contributed by atoms with Gasteiger partial charge in [0.1, 0.15) is 0 Å². The molecular weight excluding hydrogens is 1930 g/mol. The number of hydrogen-bond acceptors (Lipinski definition) is 4. The van der Waals surface area contributed by atoms with Crippen LogP contribution in [0.25, 0.3) is 50.3 Å². The largest absolute Gasteiger partial charge is 3.00 e. The van der Waals surface area contributed by atoms with Gasteiger partial charge in [0.05, 0.1) is 0 Å². The summed E-state index contributed by atoms with van der Waals surface area (Å²) in [6.45, 7) is 82.5. The van der Waals surface area contributed by atoms with Gasteiger partial charge in [0.25, 0.3) is 0 Å². The summed E-state index contributed by atoms with van der Waals surface area (Å²) in [5, 5.41) is 0. The Morgan fingerprint density at radius 1 is 0.288 bits per heavy atom. The molecule has 0 spiro atoms. The van der Waals surface area contributed by atoms with Crippen molar-refractivity contribution in [2.24, 2.45) is 47.3 Å². The van der Waals surface area contributed by atoms with E-state index in [1.165, 1.54) is 146 Å². The Kier molecular flexibility index (Phi) is 57.8. The second-order valence-corrected chi connectivity index (χ2v) is 62.6. The van der Waals surface area contributed by atoms with E-state index < -0.39 is 32.9 Å². The van der Waals surface area contributed by atoms with E-state index in [9.17, 15) is 0 Å². The smallest absolute Gasteiger partial charge is 0.660 e.